The topological polar surface area (TPSA) is 29.1 Å². The number of carbonyl (C=O) groups is 1. The Morgan fingerprint density at radius 3 is 2.58 bits per heavy atom. The number of halogens is 1. The normalized spacial score (nSPS) is 9.58. The van der Waals surface area contributed by atoms with Gasteiger partial charge in [-0.3, -0.25) is 9.63 Å². The predicted molar refractivity (Wildman–Crippen MR) is 50.7 cm³/mol. The van der Waals surface area contributed by atoms with Crippen LogP contribution in [0.4, 0.5) is 5.69 Å². The van der Waals surface area contributed by atoms with Gasteiger partial charge < -0.3 is 0 Å². The number of carbonyl (C=O) groups excluding carboxylic acids is 1. The van der Waals surface area contributed by atoms with Gasteiger partial charge in [0.1, 0.15) is 0 Å². The van der Waals surface area contributed by atoms with Crippen molar-refractivity contribution in [2.24, 2.45) is 0 Å². The average molecular weight is 184 g/mol. The van der Waals surface area contributed by atoms with E-state index in [-0.39, 0.29) is 5.78 Å². The molecule has 0 radical (unpaired) electrons. The van der Waals surface area contributed by atoms with Gasteiger partial charge in [-0.1, -0.05) is 12.1 Å². The van der Waals surface area contributed by atoms with E-state index < -0.39 is 0 Å². The van der Waals surface area contributed by atoms with Crippen LogP contribution in [-0.4, -0.2) is 5.78 Å². The minimum Gasteiger partial charge on any atom is -0.298 e. The first kappa shape index (κ1) is 9.07. The van der Waals surface area contributed by atoms with Crippen LogP contribution in [0.25, 0.3) is 0 Å². The standard InChI is InChI=1S/C9H10ClNO/c1-6-4-3-5-8(11-10)9(6)7(2)12/h3-5,11H,1-2H3. The zero-order chi connectivity index (χ0) is 9.14. The molecule has 64 valence electrons. The second-order valence-electron chi connectivity index (χ2n) is 2.65. The highest BCUT2D eigenvalue weighted by Crippen LogP contribution is 2.20. The molecule has 0 atom stereocenters. The van der Waals surface area contributed by atoms with Gasteiger partial charge in [0.15, 0.2) is 5.78 Å². The molecule has 0 amide bonds. The second kappa shape index (κ2) is 3.59. The van der Waals surface area contributed by atoms with Crippen molar-refractivity contribution in [2.45, 2.75) is 13.8 Å². The molecular formula is C9H10ClNO. The highest BCUT2D eigenvalue weighted by atomic mass is 35.5. The van der Waals surface area contributed by atoms with Crippen LogP contribution in [0.1, 0.15) is 22.8 Å². The van der Waals surface area contributed by atoms with Crippen LogP contribution in [0.2, 0.25) is 0 Å². The van der Waals surface area contributed by atoms with E-state index in [4.69, 9.17) is 11.8 Å². The number of hydrogen-bond acceptors (Lipinski definition) is 2. The molecule has 0 aliphatic heterocycles. The van der Waals surface area contributed by atoms with Crippen molar-refractivity contribution in [3.8, 4) is 0 Å². The number of nitrogens with one attached hydrogen (secondary N) is 1. The lowest BCUT2D eigenvalue weighted by Gasteiger charge is -2.06. The van der Waals surface area contributed by atoms with E-state index in [9.17, 15) is 4.79 Å². The van der Waals surface area contributed by atoms with Crippen LogP contribution in [-0.2, 0) is 0 Å². The number of ketones is 1. The van der Waals surface area contributed by atoms with Crippen molar-refractivity contribution in [3.63, 3.8) is 0 Å². The minimum absolute atomic E-state index is 0.0243. The molecule has 0 spiro atoms. The van der Waals surface area contributed by atoms with Crippen LogP contribution in [0.3, 0.4) is 0 Å². The maximum absolute atomic E-state index is 11.1. The maximum atomic E-state index is 11.1. The molecule has 0 saturated carbocycles. The Kier molecular flexibility index (Phi) is 2.71. The SMILES string of the molecule is CC(=O)c1c(C)cccc1NCl. The molecule has 0 heterocycles. The van der Waals surface area contributed by atoms with Gasteiger partial charge in [-0.25, -0.2) is 0 Å². The van der Waals surface area contributed by atoms with Crippen LogP contribution in [0, 0.1) is 6.92 Å². The fraction of sp³-hybridized carbons (Fsp3) is 0.222. The Balaban J connectivity index is 3.29. The quantitative estimate of drug-likeness (QED) is 0.564. The summed E-state index contributed by atoms with van der Waals surface area (Å²) in [6.45, 7) is 3.41. The molecule has 1 aromatic carbocycles. The lowest BCUT2D eigenvalue weighted by atomic mass is 10.0. The summed E-state index contributed by atoms with van der Waals surface area (Å²) in [7, 11) is 0. The van der Waals surface area contributed by atoms with Gasteiger partial charge in [0.25, 0.3) is 0 Å². The van der Waals surface area contributed by atoms with Crippen LogP contribution in [0.15, 0.2) is 18.2 Å². The van der Waals surface area contributed by atoms with Gasteiger partial charge in [0.05, 0.1) is 5.69 Å². The Labute approximate surface area is 76.7 Å². The number of Topliss-reactive ketones (excluding diaryl/α,β-unsaturated/α-hetero) is 1. The van der Waals surface area contributed by atoms with Gasteiger partial charge in [0.2, 0.25) is 0 Å². The fourth-order valence-electron chi connectivity index (χ4n) is 1.21. The van der Waals surface area contributed by atoms with E-state index in [0.29, 0.717) is 11.3 Å². The Bertz CT molecular complexity index is 309. The van der Waals surface area contributed by atoms with Gasteiger partial charge in [-0.15, -0.1) is 0 Å². The van der Waals surface area contributed by atoms with Crippen molar-refractivity contribution in [1.29, 1.82) is 0 Å². The molecule has 1 rings (SSSR count). The summed E-state index contributed by atoms with van der Waals surface area (Å²) >= 11 is 5.45. The second-order valence-corrected chi connectivity index (χ2v) is 2.84. The Morgan fingerprint density at radius 1 is 1.50 bits per heavy atom. The smallest absolute Gasteiger partial charge is 0.162 e. The first-order chi connectivity index (χ1) is 5.66. The third-order valence-electron chi connectivity index (χ3n) is 1.73. The molecule has 3 heteroatoms. The van der Waals surface area contributed by atoms with Crippen molar-refractivity contribution in [3.05, 3.63) is 29.3 Å². The molecule has 0 fully saturated rings. The summed E-state index contributed by atoms with van der Waals surface area (Å²) < 4.78 is 0. The molecular weight excluding hydrogens is 174 g/mol. The van der Waals surface area contributed by atoms with Crippen LogP contribution >= 0.6 is 11.8 Å². The van der Waals surface area contributed by atoms with Gasteiger partial charge >= 0.3 is 0 Å². The van der Waals surface area contributed by atoms with Crippen molar-refractivity contribution >= 4 is 23.2 Å². The van der Waals surface area contributed by atoms with Crippen molar-refractivity contribution in [1.82, 2.24) is 0 Å². The van der Waals surface area contributed by atoms with E-state index in [1.54, 1.807) is 6.07 Å². The third-order valence-corrected chi connectivity index (χ3v) is 1.93. The first-order valence-electron chi connectivity index (χ1n) is 3.64. The summed E-state index contributed by atoms with van der Waals surface area (Å²) in [6, 6.07) is 5.51. The lowest BCUT2D eigenvalue weighted by Crippen LogP contribution is -1.99. The highest BCUT2D eigenvalue weighted by Gasteiger charge is 2.08. The van der Waals surface area contributed by atoms with Gasteiger partial charge in [-0.05, 0) is 25.5 Å². The molecule has 0 saturated heterocycles. The zero-order valence-corrected chi connectivity index (χ0v) is 7.77. The molecule has 2 nitrogen and oxygen atoms in total. The largest absolute Gasteiger partial charge is 0.298 e. The van der Waals surface area contributed by atoms with Crippen LogP contribution < -0.4 is 4.84 Å². The number of aryl methyl sites for hydroxylation is 1. The number of benzene rings is 1. The summed E-state index contributed by atoms with van der Waals surface area (Å²) in [4.78, 5) is 13.6. The molecule has 1 N–H and O–H groups in total. The lowest BCUT2D eigenvalue weighted by molar-refractivity contribution is 0.101. The van der Waals surface area contributed by atoms with E-state index in [2.05, 4.69) is 4.84 Å². The maximum Gasteiger partial charge on any atom is 0.162 e. The summed E-state index contributed by atoms with van der Waals surface area (Å²) in [5, 5.41) is 0. The molecule has 0 bridgehead atoms. The van der Waals surface area contributed by atoms with E-state index in [1.165, 1.54) is 6.92 Å². The minimum atomic E-state index is 0.0243. The molecule has 12 heavy (non-hydrogen) atoms. The zero-order valence-electron chi connectivity index (χ0n) is 7.02. The summed E-state index contributed by atoms with van der Waals surface area (Å²) in [5.41, 5.74) is 2.27. The molecule has 0 aliphatic rings. The van der Waals surface area contributed by atoms with E-state index in [0.717, 1.165) is 5.56 Å². The average Bonchev–Trinajstić information content (AvgIpc) is 2.03. The van der Waals surface area contributed by atoms with Crippen LogP contribution in [0.5, 0.6) is 0 Å². The Morgan fingerprint density at radius 2 is 2.17 bits per heavy atom. The van der Waals surface area contributed by atoms with Gasteiger partial charge in [0, 0.05) is 17.3 Å². The molecule has 0 aromatic heterocycles. The molecule has 1 aromatic rings. The summed E-state index contributed by atoms with van der Waals surface area (Å²) in [6.07, 6.45) is 0. The number of rotatable bonds is 2. The Hall–Kier alpha value is -1.02. The van der Waals surface area contributed by atoms with E-state index >= 15 is 0 Å². The van der Waals surface area contributed by atoms with Gasteiger partial charge in [-0.2, -0.15) is 0 Å². The first-order valence-corrected chi connectivity index (χ1v) is 4.02. The third kappa shape index (κ3) is 1.59. The van der Waals surface area contributed by atoms with Crippen molar-refractivity contribution in [2.75, 3.05) is 4.84 Å². The monoisotopic (exact) mass is 183 g/mol. The number of hydrogen-bond donors (Lipinski definition) is 1. The van der Waals surface area contributed by atoms with Crippen molar-refractivity contribution < 1.29 is 4.79 Å². The highest BCUT2D eigenvalue weighted by molar-refractivity contribution is 6.25. The fourth-order valence-corrected chi connectivity index (χ4v) is 1.37. The molecule has 0 aliphatic carbocycles. The summed E-state index contributed by atoms with van der Waals surface area (Å²) in [5.74, 6) is 0.0243. The molecule has 0 unspecified atom stereocenters. The van der Waals surface area contributed by atoms with E-state index in [1.807, 2.05) is 19.1 Å². The number of anilines is 1. The predicted octanol–water partition coefficient (Wildman–Crippen LogP) is 2.76.